The van der Waals surface area contributed by atoms with E-state index >= 15 is 0 Å². The highest BCUT2D eigenvalue weighted by Crippen LogP contribution is 2.31. The van der Waals surface area contributed by atoms with Crippen LogP contribution in [0.4, 0.5) is 0 Å². The van der Waals surface area contributed by atoms with Crippen molar-refractivity contribution < 1.29 is 14.3 Å². The van der Waals surface area contributed by atoms with Crippen LogP contribution in [-0.2, 0) is 0 Å². The molecule has 0 unspecified atom stereocenters. The Balaban J connectivity index is 2.55. The number of carbonyl (C=O) groups is 1. The average molecular weight is 335 g/mol. The van der Waals surface area contributed by atoms with Crippen LogP contribution in [0, 0.1) is 6.92 Å². The standard InChI is InChI=1S/C16H15BrO3/c1-10-7-8-11(9-12(10)17)16(18)15-13(19-2)5-4-6-14(15)20-3/h4-9H,1-3H3. The van der Waals surface area contributed by atoms with Gasteiger partial charge in [-0.15, -0.1) is 0 Å². The maximum atomic E-state index is 12.7. The third-order valence-electron chi connectivity index (χ3n) is 3.09. The van der Waals surface area contributed by atoms with Crippen molar-refractivity contribution >= 4 is 21.7 Å². The van der Waals surface area contributed by atoms with Crippen LogP contribution in [0.15, 0.2) is 40.9 Å². The minimum Gasteiger partial charge on any atom is -0.496 e. The van der Waals surface area contributed by atoms with Crippen molar-refractivity contribution in [1.29, 1.82) is 0 Å². The summed E-state index contributed by atoms with van der Waals surface area (Å²) in [5.74, 6) is 0.886. The molecule has 0 aromatic heterocycles. The Morgan fingerprint density at radius 3 is 2.15 bits per heavy atom. The molecule has 0 aliphatic heterocycles. The van der Waals surface area contributed by atoms with Crippen LogP contribution in [-0.4, -0.2) is 20.0 Å². The summed E-state index contributed by atoms with van der Waals surface area (Å²) >= 11 is 3.44. The van der Waals surface area contributed by atoms with Gasteiger partial charge >= 0.3 is 0 Å². The van der Waals surface area contributed by atoms with Gasteiger partial charge in [-0.25, -0.2) is 0 Å². The first-order chi connectivity index (χ1) is 9.58. The van der Waals surface area contributed by atoms with Crippen LogP contribution in [0.25, 0.3) is 0 Å². The fraction of sp³-hybridized carbons (Fsp3) is 0.188. The molecule has 2 rings (SSSR count). The first kappa shape index (κ1) is 14.6. The maximum Gasteiger partial charge on any atom is 0.200 e. The minimum atomic E-state index is -0.125. The van der Waals surface area contributed by atoms with Crippen molar-refractivity contribution in [3.05, 3.63) is 57.6 Å². The molecule has 0 saturated carbocycles. The minimum absolute atomic E-state index is 0.125. The van der Waals surface area contributed by atoms with E-state index in [2.05, 4.69) is 15.9 Å². The molecule has 3 nitrogen and oxygen atoms in total. The molecular weight excluding hydrogens is 320 g/mol. The Morgan fingerprint density at radius 1 is 1.05 bits per heavy atom. The molecule has 0 bridgehead atoms. The number of hydrogen-bond donors (Lipinski definition) is 0. The summed E-state index contributed by atoms with van der Waals surface area (Å²) in [6.07, 6.45) is 0. The molecule has 4 heteroatoms. The lowest BCUT2D eigenvalue weighted by Crippen LogP contribution is -2.06. The van der Waals surface area contributed by atoms with Gasteiger partial charge in [-0.05, 0) is 30.7 Å². The lowest BCUT2D eigenvalue weighted by molar-refractivity contribution is 0.103. The highest BCUT2D eigenvalue weighted by atomic mass is 79.9. The topological polar surface area (TPSA) is 35.5 Å². The number of carbonyl (C=O) groups excluding carboxylic acids is 1. The molecule has 0 aliphatic carbocycles. The second kappa shape index (κ2) is 6.09. The van der Waals surface area contributed by atoms with Gasteiger partial charge in [0.05, 0.1) is 14.2 Å². The van der Waals surface area contributed by atoms with Crippen LogP contribution in [0.2, 0.25) is 0 Å². The summed E-state index contributed by atoms with van der Waals surface area (Å²) in [5.41, 5.74) is 2.10. The summed E-state index contributed by atoms with van der Waals surface area (Å²) in [6, 6.07) is 10.8. The van der Waals surface area contributed by atoms with E-state index in [0.29, 0.717) is 22.6 Å². The van der Waals surface area contributed by atoms with Gasteiger partial charge < -0.3 is 9.47 Å². The van der Waals surface area contributed by atoms with Gasteiger partial charge in [-0.2, -0.15) is 0 Å². The van der Waals surface area contributed by atoms with E-state index in [1.54, 1.807) is 24.3 Å². The monoisotopic (exact) mass is 334 g/mol. The Bertz CT molecular complexity index is 628. The van der Waals surface area contributed by atoms with Crippen molar-refractivity contribution in [2.45, 2.75) is 6.92 Å². The number of aryl methyl sites for hydroxylation is 1. The molecule has 20 heavy (non-hydrogen) atoms. The summed E-state index contributed by atoms with van der Waals surface area (Å²) in [6.45, 7) is 1.97. The number of benzene rings is 2. The maximum absolute atomic E-state index is 12.7. The van der Waals surface area contributed by atoms with Gasteiger partial charge in [0.25, 0.3) is 0 Å². The van der Waals surface area contributed by atoms with E-state index in [9.17, 15) is 4.79 Å². The summed E-state index contributed by atoms with van der Waals surface area (Å²) in [5, 5.41) is 0. The van der Waals surface area contributed by atoms with Crippen LogP contribution < -0.4 is 9.47 Å². The normalized spacial score (nSPS) is 10.2. The molecule has 104 valence electrons. The second-order valence-corrected chi connectivity index (χ2v) is 5.18. The summed E-state index contributed by atoms with van der Waals surface area (Å²) in [7, 11) is 3.08. The Morgan fingerprint density at radius 2 is 1.65 bits per heavy atom. The third kappa shape index (κ3) is 2.70. The Hall–Kier alpha value is -1.81. The highest BCUT2D eigenvalue weighted by molar-refractivity contribution is 9.10. The van der Waals surface area contributed by atoms with Crippen LogP contribution in [0.1, 0.15) is 21.5 Å². The highest BCUT2D eigenvalue weighted by Gasteiger charge is 2.20. The van der Waals surface area contributed by atoms with Crippen molar-refractivity contribution in [2.75, 3.05) is 14.2 Å². The fourth-order valence-electron chi connectivity index (χ4n) is 1.95. The lowest BCUT2D eigenvalue weighted by Gasteiger charge is -2.12. The summed E-state index contributed by atoms with van der Waals surface area (Å²) in [4.78, 5) is 12.7. The van der Waals surface area contributed by atoms with Gasteiger partial charge in [0, 0.05) is 10.0 Å². The van der Waals surface area contributed by atoms with Crippen LogP contribution in [0.3, 0.4) is 0 Å². The Labute approximate surface area is 126 Å². The SMILES string of the molecule is COc1cccc(OC)c1C(=O)c1ccc(C)c(Br)c1. The van der Waals surface area contributed by atoms with E-state index in [0.717, 1.165) is 10.0 Å². The van der Waals surface area contributed by atoms with E-state index in [1.165, 1.54) is 14.2 Å². The zero-order valence-corrected chi connectivity index (χ0v) is 13.2. The molecule has 0 saturated heterocycles. The molecule has 0 spiro atoms. The van der Waals surface area contributed by atoms with Gasteiger partial charge in [-0.3, -0.25) is 4.79 Å². The predicted octanol–water partition coefficient (Wildman–Crippen LogP) is 4.01. The largest absolute Gasteiger partial charge is 0.496 e. The zero-order valence-electron chi connectivity index (χ0n) is 11.6. The van der Waals surface area contributed by atoms with E-state index < -0.39 is 0 Å². The first-order valence-corrected chi connectivity index (χ1v) is 6.89. The lowest BCUT2D eigenvalue weighted by atomic mass is 10.0. The van der Waals surface area contributed by atoms with Crippen molar-refractivity contribution in [2.24, 2.45) is 0 Å². The molecule has 0 aliphatic rings. The van der Waals surface area contributed by atoms with Gasteiger partial charge in [0.15, 0.2) is 0 Å². The van der Waals surface area contributed by atoms with E-state index in [1.807, 2.05) is 19.1 Å². The number of methoxy groups -OCH3 is 2. The molecule has 0 fully saturated rings. The fourth-order valence-corrected chi connectivity index (χ4v) is 2.33. The number of ketones is 1. The first-order valence-electron chi connectivity index (χ1n) is 6.10. The number of ether oxygens (including phenoxy) is 2. The van der Waals surface area contributed by atoms with Gasteiger partial charge in [0.1, 0.15) is 17.1 Å². The van der Waals surface area contributed by atoms with E-state index in [4.69, 9.17) is 9.47 Å². The molecular formula is C16H15BrO3. The predicted molar refractivity (Wildman–Crippen MR) is 81.9 cm³/mol. The summed E-state index contributed by atoms with van der Waals surface area (Å²) < 4.78 is 11.4. The zero-order chi connectivity index (χ0) is 14.7. The van der Waals surface area contributed by atoms with Gasteiger partial charge in [-0.1, -0.05) is 34.1 Å². The van der Waals surface area contributed by atoms with Crippen molar-refractivity contribution in [1.82, 2.24) is 0 Å². The van der Waals surface area contributed by atoms with Gasteiger partial charge in [0.2, 0.25) is 5.78 Å². The van der Waals surface area contributed by atoms with Crippen LogP contribution in [0.5, 0.6) is 11.5 Å². The molecule has 2 aromatic carbocycles. The number of rotatable bonds is 4. The number of hydrogen-bond acceptors (Lipinski definition) is 3. The average Bonchev–Trinajstić information content (AvgIpc) is 2.48. The molecule has 0 N–H and O–H groups in total. The third-order valence-corrected chi connectivity index (χ3v) is 3.94. The quantitative estimate of drug-likeness (QED) is 0.792. The number of halogens is 1. The molecule has 0 radical (unpaired) electrons. The molecule has 0 amide bonds. The smallest absolute Gasteiger partial charge is 0.200 e. The van der Waals surface area contributed by atoms with Crippen LogP contribution >= 0.6 is 15.9 Å². The molecule has 0 heterocycles. The molecule has 2 aromatic rings. The molecule has 0 atom stereocenters. The Kier molecular flexibility index (Phi) is 4.45. The second-order valence-electron chi connectivity index (χ2n) is 4.33. The van der Waals surface area contributed by atoms with E-state index in [-0.39, 0.29) is 5.78 Å². The van der Waals surface area contributed by atoms with Crippen molar-refractivity contribution in [3.8, 4) is 11.5 Å². The van der Waals surface area contributed by atoms with Crippen molar-refractivity contribution in [3.63, 3.8) is 0 Å².